The van der Waals surface area contributed by atoms with Crippen LogP contribution in [0.2, 0.25) is 0 Å². The molecule has 1 fully saturated rings. The number of imidazole rings is 1. The Kier molecular flexibility index (Phi) is 4.35. The molecular weight excluding hydrogens is 290 g/mol. The van der Waals surface area contributed by atoms with Crippen molar-refractivity contribution < 1.29 is 4.74 Å². The summed E-state index contributed by atoms with van der Waals surface area (Å²) in [6.45, 7) is 5.15. The first-order valence-corrected chi connectivity index (χ1v) is 8.93. The summed E-state index contributed by atoms with van der Waals surface area (Å²) in [4.78, 5) is 5.86. The van der Waals surface area contributed by atoms with Crippen LogP contribution >= 0.6 is 23.1 Å². The van der Waals surface area contributed by atoms with Gasteiger partial charge in [-0.2, -0.15) is 0 Å². The second-order valence-electron chi connectivity index (χ2n) is 5.31. The van der Waals surface area contributed by atoms with Crippen LogP contribution in [0.15, 0.2) is 16.6 Å². The van der Waals surface area contributed by atoms with Gasteiger partial charge in [-0.25, -0.2) is 4.98 Å². The van der Waals surface area contributed by atoms with Crippen molar-refractivity contribution in [1.29, 1.82) is 0 Å². The van der Waals surface area contributed by atoms with Gasteiger partial charge in [-0.3, -0.25) is 4.40 Å². The van der Waals surface area contributed by atoms with Crippen LogP contribution in [0.1, 0.15) is 32.4 Å². The lowest BCUT2D eigenvalue weighted by Gasteiger charge is -2.14. The van der Waals surface area contributed by atoms with E-state index in [1.165, 1.54) is 5.69 Å². The Balaban J connectivity index is 1.88. The van der Waals surface area contributed by atoms with Crippen LogP contribution in [-0.2, 0) is 11.2 Å². The molecule has 0 aliphatic carbocycles. The first-order valence-electron chi connectivity index (χ1n) is 7.17. The Hall–Kier alpha value is -0.560. The van der Waals surface area contributed by atoms with E-state index in [-0.39, 0.29) is 6.04 Å². The van der Waals surface area contributed by atoms with Crippen LogP contribution in [0, 0.1) is 0 Å². The van der Waals surface area contributed by atoms with Gasteiger partial charge < -0.3 is 10.5 Å². The van der Waals surface area contributed by atoms with Crippen molar-refractivity contribution in [3.05, 3.63) is 17.3 Å². The van der Waals surface area contributed by atoms with Crippen LogP contribution in [0.25, 0.3) is 4.96 Å². The summed E-state index contributed by atoms with van der Waals surface area (Å²) in [6, 6.07) is 0.200. The lowest BCUT2D eigenvalue weighted by Crippen LogP contribution is -2.22. The molecule has 2 N–H and O–H groups in total. The molecule has 2 aromatic heterocycles. The predicted molar refractivity (Wildman–Crippen MR) is 84.7 cm³/mol. The molecule has 110 valence electrons. The monoisotopic (exact) mass is 311 g/mol. The van der Waals surface area contributed by atoms with Crippen molar-refractivity contribution in [1.82, 2.24) is 9.38 Å². The maximum absolute atomic E-state index is 6.16. The van der Waals surface area contributed by atoms with E-state index in [1.807, 2.05) is 11.8 Å². The lowest BCUT2D eigenvalue weighted by atomic mass is 10.1. The smallest absolute Gasteiger partial charge is 0.194 e. The summed E-state index contributed by atoms with van der Waals surface area (Å²) in [6.07, 6.45) is 5.40. The fourth-order valence-electron chi connectivity index (χ4n) is 2.50. The zero-order valence-electron chi connectivity index (χ0n) is 11.9. The van der Waals surface area contributed by atoms with Crippen LogP contribution < -0.4 is 5.73 Å². The summed E-state index contributed by atoms with van der Waals surface area (Å²) in [5, 5.41) is 3.73. The number of thioether (sulfide) groups is 1. The average molecular weight is 311 g/mol. The molecule has 0 radical (unpaired) electrons. The third-order valence-corrected chi connectivity index (χ3v) is 6.10. The Bertz CT molecular complexity index is 580. The molecule has 6 heteroatoms. The summed E-state index contributed by atoms with van der Waals surface area (Å²) in [7, 11) is 0. The third-order valence-electron chi connectivity index (χ3n) is 3.87. The van der Waals surface area contributed by atoms with Crippen LogP contribution in [0.3, 0.4) is 0 Å². The largest absolute Gasteiger partial charge is 0.377 e. The van der Waals surface area contributed by atoms with Gasteiger partial charge in [-0.15, -0.1) is 11.3 Å². The standard InChI is InChI=1S/C14H21N3OS2/c1-3-10(15)8-11-13(16-14-17(11)5-7-19-14)20-12-4-6-18-9(12)2/h5,7,9-10,12H,3-4,6,8,15H2,1-2H3. The second-order valence-corrected chi connectivity index (χ2v) is 7.41. The number of nitrogens with two attached hydrogens (primary N) is 1. The Morgan fingerprint density at radius 1 is 1.65 bits per heavy atom. The number of hydrogen-bond donors (Lipinski definition) is 1. The Morgan fingerprint density at radius 2 is 2.50 bits per heavy atom. The quantitative estimate of drug-likeness (QED) is 0.922. The van der Waals surface area contributed by atoms with Crippen molar-refractivity contribution >= 4 is 28.1 Å². The van der Waals surface area contributed by atoms with Gasteiger partial charge in [0.1, 0.15) is 5.03 Å². The number of nitrogens with zero attached hydrogens (tertiary/aromatic N) is 2. The van der Waals surface area contributed by atoms with Crippen molar-refractivity contribution in [2.45, 2.75) is 55.5 Å². The molecule has 0 bridgehead atoms. The van der Waals surface area contributed by atoms with E-state index in [0.717, 1.165) is 35.9 Å². The van der Waals surface area contributed by atoms with Gasteiger partial charge in [-0.05, 0) is 19.8 Å². The molecule has 3 unspecified atom stereocenters. The van der Waals surface area contributed by atoms with E-state index in [2.05, 4.69) is 29.8 Å². The van der Waals surface area contributed by atoms with Crippen molar-refractivity contribution in [3.8, 4) is 0 Å². The normalized spacial score (nSPS) is 24.6. The number of hydrogen-bond acceptors (Lipinski definition) is 5. The van der Waals surface area contributed by atoms with Crippen LogP contribution in [0.5, 0.6) is 0 Å². The highest BCUT2D eigenvalue weighted by atomic mass is 32.2. The van der Waals surface area contributed by atoms with E-state index in [9.17, 15) is 0 Å². The molecule has 2 aromatic rings. The van der Waals surface area contributed by atoms with Crippen molar-refractivity contribution in [2.75, 3.05) is 6.61 Å². The molecule has 1 saturated heterocycles. The molecule has 3 rings (SSSR count). The minimum atomic E-state index is 0.200. The SMILES string of the molecule is CCC(N)Cc1c(SC2CCOC2C)nc2sccn12. The maximum Gasteiger partial charge on any atom is 0.194 e. The fraction of sp³-hybridized carbons (Fsp3) is 0.643. The molecule has 20 heavy (non-hydrogen) atoms. The van der Waals surface area contributed by atoms with Gasteiger partial charge in [0.05, 0.1) is 11.8 Å². The molecular formula is C14H21N3OS2. The van der Waals surface area contributed by atoms with Crippen molar-refractivity contribution in [3.63, 3.8) is 0 Å². The van der Waals surface area contributed by atoms with E-state index < -0.39 is 0 Å². The van der Waals surface area contributed by atoms with Gasteiger partial charge in [0.25, 0.3) is 0 Å². The lowest BCUT2D eigenvalue weighted by molar-refractivity contribution is 0.127. The van der Waals surface area contributed by atoms with E-state index in [1.54, 1.807) is 11.3 Å². The highest BCUT2D eigenvalue weighted by molar-refractivity contribution is 8.00. The van der Waals surface area contributed by atoms with Gasteiger partial charge in [0.15, 0.2) is 4.96 Å². The Labute approximate surface area is 127 Å². The van der Waals surface area contributed by atoms with Crippen LogP contribution in [0.4, 0.5) is 0 Å². The zero-order valence-corrected chi connectivity index (χ0v) is 13.5. The van der Waals surface area contributed by atoms with Gasteiger partial charge in [0, 0.05) is 35.9 Å². The topological polar surface area (TPSA) is 52.5 Å². The molecule has 0 amide bonds. The number of aromatic nitrogens is 2. The van der Waals surface area contributed by atoms with Gasteiger partial charge >= 0.3 is 0 Å². The van der Waals surface area contributed by atoms with Crippen LogP contribution in [-0.4, -0.2) is 33.4 Å². The zero-order chi connectivity index (χ0) is 14.1. The molecule has 3 heterocycles. The number of rotatable bonds is 5. The first-order chi connectivity index (χ1) is 9.69. The maximum atomic E-state index is 6.16. The number of thiazole rings is 1. The molecule has 0 spiro atoms. The highest BCUT2D eigenvalue weighted by Gasteiger charge is 2.28. The first kappa shape index (κ1) is 14.4. The average Bonchev–Trinajstić information content (AvgIpc) is 3.10. The Morgan fingerprint density at radius 3 is 3.20 bits per heavy atom. The van der Waals surface area contributed by atoms with Gasteiger partial charge in [0.2, 0.25) is 0 Å². The number of fused-ring (bicyclic) bond motifs is 1. The predicted octanol–water partition coefficient (Wildman–Crippen LogP) is 2.95. The summed E-state index contributed by atoms with van der Waals surface area (Å²) < 4.78 is 7.86. The fourth-order valence-corrected chi connectivity index (χ4v) is 4.51. The molecule has 0 aromatic carbocycles. The molecule has 0 saturated carbocycles. The summed E-state index contributed by atoms with van der Waals surface area (Å²) in [5.74, 6) is 0. The van der Waals surface area contributed by atoms with E-state index >= 15 is 0 Å². The second kappa shape index (κ2) is 6.05. The minimum Gasteiger partial charge on any atom is -0.377 e. The minimum absolute atomic E-state index is 0.200. The highest BCUT2D eigenvalue weighted by Crippen LogP contribution is 2.35. The van der Waals surface area contributed by atoms with Gasteiger partial charge in [-0.1, -0.05) is 18.7 Å². The van der Waals surface area contributed by atoms with Crippen molar-refractivity contribution in [2.24, 2.45) is 5.73 Å². The summed E-state index contributed by atoms with van der Waals surface area (Å²) in [5.41, 5.74) is 7.42. The molecule has 3 atom stereocenters. The van der Waals surface area contributed by atoms with E-state index in [0.29, 0.717) is 11.4 Å². The third kappa shape index (κ3) is 2.74. The molecule has 4 nitrogen and oxygen atoms in total. The molecule has 1 aliphatic heterocycles. The van der Waals surface area contributed by atoms with E-state index in [4.69, 9.17) is 15.5 Å². The summed E-state index contributed by atoms with van der Waals surface area (Å²) >= 11 is 3.55. The number of ether oxygens (including phenoxy) is 1. The molecule has 1 aliphatic rings.